The van der Waals surface area contributed by atoms with Crippen molar-refractivity contribution in [3.8, 4) is 5.75 Å². The molecule has 1 heterocycles. The minimum Gasteiger partial charge on any atom is -0.497 e. The molecule has 1 aromatic heterocycles. The van der Waals surface area contributed by atoms with Gasteiger partial charge < -0.3 is 14.3 Å². The van der Waals surface area contributed by atoms with Crippen LogP contribution in [-0.2, 0) is 0 Å². The lowest BCUT2D eigenvalue weighted by Gasteiger charge is -2.02. The first-order chi connectivity index (χ1) is 8.60. The Morgan fingerprint density at radius 1 is 1.39 bits per heavy atom. The molecule has 1 unspecified atom stereocenters. The standard InChI is InChI=1S/C14H14O4/c1-9(15)3-4-11-7-10-5-6-12(17-2)8-13(10)18-14(11)16/h3-9,15H,1-2H3/b4-3+. The predicted molar refractivity (Wildman–Crippen MR) is 69.8 cm³/mol. The SMILES string of the molecule is COc1ccc2cc(/C=C/C(C)O)c(=O)oc2c1. The number of aliphatic hydroxyl groups is 1. The van der Waals surface area contributed by atoms with Gasteiger partial charge in [-0.05, 0) is 31.2 Å². The van der Waals surface area contributed by atoms with E-state index in [0.717, 1.165) is 5.39 Å². The van der Waals surface area contributed by atoms with E-state index in [0.29, 0.717) is 16.9 Å². The van der Waals surface area contributed by atoms with E-state index in [1.54, 1.807) is 38.3 Å². The van der Waals surface area contributed by atoms with Gasteiger partial charge in [0.15, 0.2) is 0 Å². The van der Waals surface area contributed by atoms with E-state index in [-0.39, 0.29) is 0 Å². The van der Waals surface area contributed by atoms with Crippen LogP contribution < -0.4 is 10.4 Å². The molecule has 0 aliphatic carbocycles. The van der Waals surface area contributed by atoms with Crippen molar-refractivity contribution in [3.05, 3.63) is 46.3 Å². The molecule has 0 amide bonds. The first kappa shape index (κ1) is 12.4. The van der Waals surface area contributed by atoms with Gasteiger partial charge in [-0.3, -0.25) is 0 Å². The molecule has 18 heavy (non-hydrogen) atoms. The van der Waals surface area contributed by atoms with Crippen LogP contribution in [0.5, 0.6) is 5.75 Å². The Morgan fingerprint density at radius 3 is 2.83 bits per heavy atom. The van der Waals surface area contributed by atoms with Crippen molar-refractivity contribution in [1.29, 1.82) is 0 Å². The van der Waals surface area contributed by atoms with Crippen LogP contribution >= 0.6 is 0 Å². The summed E-state index contributed by atoms with van der Waals surface area (Å²) < 4.78 is 10.3. The third-order valence-corrected chi connectivity index (χ3v) is 2.52. The van der Waals surface area contributed by atoms with Crippen LogP contribution in [0.3, 0.4) is 0 Å². The lowest BCUT2D eigenvalue weighted by atomic mass is 10.1. The molecule has 2 aromatic rings. The lowest BCUT2D eigenvalue weighted by molar-refractivity contribution is 0.245. The number of ether oxygens (including phenoxy) is 1. The molecule has 4 nitrogen and oxygen atoms in total. The zero-order chi connectivity index (χ0) is 13.1. The van der Waals surface area contributed by atoms with Crippen LogP contribution in [0.2, 0.25) is 0 Å². The zero-order valence-corrected chi connectivity index (χ0v) is 10.2. The van der Waals surface area contributed by atoms with Crippen molar-refractivity contribution in [2.24, 2.45) is 0 Å². The van der Waals surface area contributed by atoms with Gasteiger partial charge in [0.25, 0.3) is 0 Å². The summed E-state index contributed by atoms with van der Waals surface area (Å²) >= 11 is 0. The molecule has 0 spiro atoms. The average molecular weight is 246 g/mol. The topological polar surface area (TPSA) is 59.7 Å². The van der Waals surface area contributed by atoms with Gasteiger partial charge in [0, 0.05) is 11.5 Å². The molecule has 0 aliphatic heterocycles. The van der Waals surface area contributed by atoms with Crippen LogP contribution in [0.25, 0.3) is 17.0 Å². The Labute approximate surface area is 104 Å². The number of rotatable bonds is 3. The van der Waals surface area contributed by atoms with Gasteiger partial charge in [-0.2, -0.15) is 0 Å². The van der Waals surface area contributed by atoms with E-state index in [1.807, 2.05) is 6.07 Å². The Balaban J connectivity index is 2.53. The quantitative estimate of drug-likeness (QED) is 0.843. The van der Waals surface area contributed by atoms with Gasteiger partial charge in [-0.15, -0.1) is 0 Å². The van der Waals surface area contributed by atoms with E-state index >= 15 is 0 Å². The number of aliphatic hydroxyl groups excluding tert-OH is 1. The maximum atomic E-state index is 11.7. The second kappa shape index (κ2) is 5.06. The van der Waals surface area contributed by atoms with Crippen molar-refractivity contribution in [1.82, 2.24) is 0 Å². The van der Waals surface area contributed by atoms with E-state index in [9.17, 15) is 4.79 Å². The van der Waals surface area contributed by atoms with Crippen LogP contribution in [0, 0.1) is 0 Å². The van der Waals surface area contributed by atoms with Gasteiger partial charge in [0.2, 0.25) is 0 Å². The van der Waals surface area contributed by atoms with E-state index in [1.165, 1.54) is 6.08 Å². The smallest absolute Gasteiger partial charge is 0.343 e. The predicted octanol–water partition coefficient (Wildman–Crippen LogP) is 2.20. The minimum absolute atomic E-state index is 0.411. The third kappa shape index (κ3) is 2.60. The molecule has 1 atom stereocenters. The highest BCUT2D eigenvalue weighted by Crippen LogP contribution is 2.20. The number of benzene rings is 1. The normalized spacial score (nSPS) is 13.1. The van der Waals surface area contributed by atoms with Gasteiger partial charge in [-0.25, -0.2) is 4.79 Å². The Bertz CT molecular complexity index is 638. The molecular formula is C14H14O4. The first-order valence-electron chi connectivity index (χ1n) is 5.58. The van der Waals surface area contributed by atoms with Crippen LogP contribution in [0.4, 0.5) is 0 Å². The summed E-state index contributed by atoms with van der Waals surface area (Å²) in [5.41, 5.74) is 0.453. The van der Waals surface area contributed by atoms with Crippen LogP contribution in [-0.4, -0.2) is 18.3 Å². The Kier molecular flexibility index (Phi) is 3.48. The fraction of sp³-hybridized carbons (Fsp3) is 0.214. The second-order valence-electron chi connectivity index (χ2n) is 3.99. The molecule has 0 aliphatic rings. The van der Waals surface area contributed by atoms with Gasteiger partial charge in [0.05, 0.1) is 18.8 Å². The monoisotopic (exact) mass is 246 g/mol. The summed E-state index contributed by atoms with van der Waals surface area (Å²) in [6.07, 6.45) is 2.48. The number of hydrogen-bond donors (Lipinski definition) is 1. The third-order valence-electron chi connectivity index (χ3n) is 2.52. The van der Waals surface area contributed by atoms with Gasteiger partial charge in [0.1, 0.15) is 11.3 Å². The molecule has 4 heteroatoms. The summed E-state index contributed by atoms with van der Waals surface area (Å²) in [6.45, 7) is 1.62. The van der Waals surface area contributed by atoms with E-state index < -0.39 is 11.7 Å². The fourth-order valence-corrected chi connectivity index (χ4v) is 1.59. The molecule has 0 bridgehead atoms. The summed E-state index contributed by atoms with van der Waals surface area (Å²) in [7, 11) is 1.55. The number of hydrogen-bond acceptors (Lipinski definition) is 4. The second-order valence-corrected chi connectivity index (χ2v) is 3.99. The highest BCUT2D eigenvalue weighted by Gasteiger charge is 2.04. The molecule has 0 saturated carbocycles. The highest BCUT2D eigenvalue weighted by molar-refractivity contribution is 5.80. The first-order valence-corrected chi connectivity index (χ1v) is 5.58. The van der Waals surface area contributed by atoms with Crippen LogP contribution in [0.15, 0.2) is 39.6 Å². The zero-order valence-electron chi connectivity index (χ0n) is 10.2. The number of fused-ring (bicyclic) bond motifs is 1. The summed E-state index contributed by atoms with van der Waals surface area (Å²) in [5, 5.41) is 9.96. The molecule has 0 saturated heterocycles. The van der Waals surface area contributed by atoms with Crippen molar-refractivity contribution < 1.29 is 14.3 Å². The summed E-state index contributed by atoms with van der Waals surface area (Å²) in [4.78, 5) is 11.7. The highest BCUT2D eigenvalue weighted by atomic mass is 16.5. The molecule has 0 fully saturated rings. The van der Waals surface area contributed by atoms with E-state index in [4.69, 9.17) is 14.3 Å². The minimum atomic E-state index is -0.601. The molecule has 0 radical (unpaired) electrons. The average Bonchev–Trinajstić information content (AvgIpc) is 2.35. The fourth-order valence-electron chi connectivity index (χ4n) is 1.59. The maximum absolute atomic E-state index is 11.7. The molecule has 1 N–H and O–H groups in total. The summed E-state index contributed by atoms with van der Waals surface area (Å²) in [5.74, 6) is 0.637. The van der Waals surface area contributed by atoms with Crippen molar-refractivity contribution >= 4 is 17.0 Å². The maximum Gasteiger partial charge on any atom is 0.343 e. The molecule has 1 aromatic carbocycles. The summed E-state index contributed by atoms with van der Waals surface area (Å²) in [6, 6.07) is 7.00. The van der Waals surface area contributed by atoms with Crippen molar-refractivity contribution in [2.45, 2.75) is 13.0 Å². The Hall–Kier alpha value is -2.07. The van der Waals surface area contributed by atoms with E-state index in [2.05, 4.69) is 0 Å². The largest absolute Gasteiger partial charge is 0.497 e. The van der Waals surface area contributed by atoms with Gasteiger partial charge >= 0.3 is 5.63 Å². The van der Waals surface area contributed by atoms with Gasteiger partial charge in [-0.1, -0.05) is 6.08 Å². The molecule has 2 rings (SSSR count). The Morgan fingerprint density at radius 2 is 2.17 bits per heavy atom. The lowest BCUT2D eigenvalue weighted by Crippen LogP contribution is -2.03. The number of methoxy groups -OCH3 is 1. The van der Waals surface area contributed by atoms with Crippen molar-refractivity contribution in [2.75, 3.05) is 7.11 Å². The van der Waals surface area contributed by atoms with Crippen molar-refractivity contribution in [3.63, 3.8) is 0 Å². The van der Waals surface area contributed by atoms with Crippen LogP contribution in [0.1, 0.15) is 12.5 Å². The molecular weight excluding hydrogens is 232 g/mol. The molecule has 94 valence electrons.